The van der Waals surface area contributed by atoms with E-state index in [-0.39, 0.29) is 22.9 Å². The normalized spacial score (nSPS) is 17.8. The SMILES string of the molecule is CCC(C)NS(=O)(=O)c1ccc(C(=O)NC(C)C2CC2)cc1. The molecule has 22 heavy (non-hydrogen) atoms. The third-order valence-electron chi connectivity index (χ3n) is 4.08. The van der Waals surface area contributed by atoms with E-state index in [1.165, 1.54) is 25.0 Å². The van der Waals surface area contributed by atoms with E-state index in [1.807, 2.05) is 20.8 Å². The van der Waals surface area contributed by atoms with E-state index < -0.39 is 10.0 Å². The molecular weight excluding hydrogens is 300 g/mol. The van der Waals surface area contributed by atoms with Gasteiger partial charge in [-0.25, -0.2) is 13.1 Å². The highest BCUT2D eigenvalue weighted by atomic mass is 32.2. The summed E-state index contributed by atoms with van der Waals surface area (Å²) in [6, 6.07) is 6.11. The maximum absolute atomic E-state index is 12.1. The number of rotatable bonds is 7. The second-order valence-corrected chi connectivity index (χ2v) is 7.77. The van der Waals surface area contributed by atoms with Gasteiger partial charge in [-0.2, -0.15) is 0 Å². The van der Waals surface area contributed by atoms with Crippen LogP contribution in [0.3, 0.4) is 0 Å². The first kappa shape index (κ1) is 17.0. The molecule has 0 spiro atoms. The zero-order chi connectivity index (χ0) is 16.3. The number of amides is 1. The fraction of sp³-hybridized carbons (Fsp3) is 0.562. The molecule has 0 bridgehead atoms. The molecule has 1 aliphatic carbocycles. The van der Waals surface area contributed by atoms with Crippen LogP contribution < -0.4 is 10.0 Å². The first-order valence-electron chi connectivity index (χ1n) is 7.76. The Morgan fingerprint density at radius 2 is 1.82 bits per heavy atom. The maximum atomic E-state index is 12.1. The van der Waals surface area contributed by atoms with Gasteiger partial charge < -0.3 is 5.32 Å². The van der Waals surface area contributed by atoms with Crippen molar-refractivity contribution in [2.24, 2.45) is 5.92 Å². The quantitative estimate of drug-likeness (QED) is 0.808. The van der Waals surface area contributed by atoms with Crippen LogP contribution in [0.5, 0.6) is 0 Å². The van der Waals surface area contributed by atoms with E-state index in [2.05, 4.69) is 10.0 Å². The molecular formula is C16H24N2O3S. The molecule has 0 aromatic heterocycles. The Bertz CT molecular complexity index is 621. The van der Waals surface area contributed by atoms with Crippen LogP contribution in [0.25, 0.3) is 0 Å². The number of benzene rings is 1. The lowest BCUT2D eigenvalue weighted by molar-refractivity contribution is 0.0935. The molecule has 1 aromatic rings. The van der Waals surface area contributed by atoms with E-state index in [1.54, 1.807) is 12.1 Å². The number of nitrogens with one attached hydrogen (secondary N) is 2. The van der Waals surface area contributed by atoms with Gasteiger partial charge in [-0.1, -0.05) is 6.92 Å². The summed E-state index contributed by atoms with van der Waals surface area (Å²) in [5, 5.41) is 2.95. The van der Waals surface area contributed by atoms with E-state index in [9.17, 15) is 13.2 Å². The summed E-state index contributed by atoms with van der Waals surface area (Å²) < 4.78 is 26.9. The van der Waals surface area contributed by atoms with Crippen LogP contribution in [0.1, 0.15) is 50.4 Å². The van der Waals surface area contributed by atoms with Gasteiger partial charge in [0.05, 0.1) is 4.90 Å². The molecule has 2 N–H and O–H groups in total. The third-order valence-corrected chi connectivity index (χ3v) is 5.69. The van der Waals surface area contributed by atoms with Crippen molar-refractivity contribution in [3.05, 3.63) is 29.8 Å². The topological polar surface area (TPSA) is 75.3 Å². The van der Waals surface area contributed by atoms with Gasteiger partial charge in [-0.15, -0.1) is 0 Å². The highest BCUT2D eigenvalue weighted by Crippen LogP contribution is 2.32. The Balaban J connectivity index is 2.04. The third kappa shape index (κ3) is 4.30. The molecule has 6 heteroatoms. The monoisotopic (exact) mass is 324 g/mol. The summed E-state index contributed by atoms with van der Waals surface area (Å²) >= 11 is 0. The number of carbonyl (C=O) groups excluding carboxylic acids is 1. The molecule has 1 amide bonds. The number of hydrogen-bond acceptors (Lipinski definition) is 3. The van der Waals surface area contributed by atoms with Crippen molar-refractivity contribution >= 4 is 15.9 Å². The van der Waals surface area contributed by atoms with Crippen LogP contribution in [-0.4, -0.2) is 26.4 Å². The number of hydrogen-bond donors (Lipinski definition) is 2. The summed E-state index contributed by atoms with van der Waals surface area (Å²) in [4.78, 5) is 12.3. The molecule has 2 atom stereocenters. The van der Waals surface area contributed by atoms with Crippen molar-refractivity contribution in [2.75, 3.05) is 0 Å². The van der Waals surface area contributed by atoms with Crippen molar-refractivity contribution in [1.82, 2.24) is 10.0 Å². The first-order chi connectivity index (χ1) is 10.3. The molecule has 1 aliphatic rings. The van der Waals surface area contributed by atoms with Crippen LogP contribution in [-0.2, 0) is 10.0 Å². The fourth-order valence-corrected chi connectivity index (χ4v) is 3.53. The first-order valence-corrected chi connectivity index (χ1v) is 9.25. The Labute approximate surface area is 132 Å². The van der Waals surface area contributed by atoms with Crippen LogP contribution in [0.2, 0.25) is 0 Å². The second-order valence-electron chi connectivity index (χ2n) is 6.05. The van der Waals surface area contributed by atoms with Crippen molar-refractivity contribution in [1.29, 1.82) is 0 Å². The maximum Gasteiger partial charge on any atom is 0.251 e. The smallest absolute Gasteiger partial charge is 0.251 e. The van der Waals surface area contributed by atoms with E-state index in [4.69, 9.17) is 0 Å². The van der Waals surface area contributed by atoms with Crippen molar-refractivity contribution in [3.63, 3.8) is 0 Å². The minimum atomic E-state index is -3.52. The zero-order valence-corrected chi connectivity index (χ0v) is 14.1. The van der Waals surface area contributed by atoms with Gasteiger partial charge in [0, 0.05) is 17.6 Å². The average molecular weight is 324 g/mol. The highest BCUT2D eigenvalue weighted by molar-refractivity contribution is 7.89. The summed E-state index contributed by atoms with van der Waals surface area (Å²) in [6.07, 6.45) is 3.05. The van der Waals surface area contributed by atoms with Gasteiger partial charge in [-0.3, -0.25) is 4.79 Å². The van der Waals surface area contributed by atoms with Crippen LogP contribution in [0.4, 0.5) is 0 Å². The molecule has 0 heterocycles. The lowest BCUT2D eigenvalue weighted by atomic mass is 10.1. The summed E-state index contributed by atoms with van der Waals surface area (Å²) in [5.74, 6) is 0.432. The van der Waals surface area contributed by atoms with Crippen molar-refractivity contribution in [2.45, 2.75) is 57.0 Å². The van der Waals surface area contributed by atoms with Gasteiger partial charge in [0.1, 0.15) is 0 Å². The van der Waals surface area contributed by atoms with Gasteiger partial charge >= 0.3 is 0 Å². The Morgan fingerprint density at radius 3 is 2.32 bits per heavy atom. The van der Waals surface area contributed by atoms with Crippen LogP contribution in [0, 0.1) is 5.92 Å². The van der Waals surface area contributed by atoms with Crippen LogP contribution >= 0.6 is 0 Å². The predicted molar refractivity (Wildman–Crippen MR) is 86.2 cm³/mol. The summed E-state index contributed by atoms with van der Waals surface area (Å²) in [5.41, 5.74) is 0.481. The van der Waals surface area contributed by atoms with Gasteiger partial charge in [0.25, 0.3) is 5.91 Å². The Kier molecular flexibility index (Phi) is 5.24. The predicted octanol–water partition coefficient (Wildman–Crippen LogP) is 2.29. The molecule has 5 nitrogen and oxygen atoms in total. The minimum Gasteiger partial charge on any atom is -0.349 e. The molecule has 2 unspecified atom stereocenters. The molecule has 1 saturated carbocycles. The fourth-order valence-electron chi connectivity index (χ4n) is 2.21. The van der Waals surface area contributed by atoms with Gasteiger partial charge in [0.15, 0.2) is 0 Å². The lowest BCUT2D eigenvalue weighted by Gasteiger charge is -2.14. The summed E-state index contributed by atoms with van der Waals surface area (Å²) in [7, 11) is -3.52. The van der Waals surface area contributed by atoms with E-state index in [0.29, 0.717) is 11.5 Å². The molecule has 1 aromatic carbocycles. The number of carbonyl (C=O) groups is 1. The molecule has 2 rings (SSSR count). The van der Waals surface area contributed by atoms with Gasteiger partial charge in [-0.05, 0) is 63.3 Å². The Hall–Kier alpha value is -1.40. The highest BCUT2D eigenvalue weighted by Gasteiger charge is 2.29. The summed E-state index contributed by atoms with van der Waals surface area (Å²) in [6.45, 7) is 5.74. The lowest BCUT2D eigenvalue weighted by Crippen LogP contribution is -2.34. The second kappa shape index (κ2) is 6.79. The minimum absolute atomic E-state index is 0.118. The van der Waals surface area contributed by atoms with E-state index in [0.717, 1.165) is 6.42 Å². The molecule has 0 saturated heterocycles. The van der Waals surface area contributed by atoms with Crippen molar-refractivity contribution in [3.8, 4) is 0 Å². The standard InChI is InChI=1S/C16H24N2O3S/c1-4-11(2)18-22(20,21)15-9-7-14(8-10-15)16(19)17-12(3)13-5-6-13/h7-13,18H,4-6H2,1-3H3,(H,17,19). The number of sulfonamides is 1. The van der Waals surface area contributed by atoms with Gasteiger partial charge in [0.2, 0.25) is 10.0 Å². The molecule has 1 fully saturated rings. The van der Waals surface area contributed by atoms with Crippen LogP contribution in [0.15, 0.2) is 29.2 Å². The molecule has 122 valence electrons. The molecule has 0 aliphatic heterocycles. The zero-order valence-electron chi connectivity index (χ0n) is 13.3. The van der Waals surface area contributed by atoms with E-state index >= 15 is 0 Å². The largest absolute Gasteiger partial charge is 0.349 e. The molecule has 0 radical (unpaired) electrons. The van der Waals surface area contributed by atoms with Crippen molar-refractivity contribution < 1.29 is 13.2 Å². The Morgan fingerprint density at radius 1 is 1.23 bits per heavy atom. The average Bonchev–Trinajstić information content (AvgIpc) is 3.31.